The quantitative estimate of drug-likeness (QED) is 0.149. The van der Waals surface area contributed by atoms with Crippen molar-refractivity contribution >= 4 is 23.7 Å². The van der Waals surface area contributed by atoms with Crippen molar-refractivity contribution in [3.63, 3.8) is 0 Å². The largest absolute Gasteiger partial charge is 0.460 e. The molecule has 0 fully saturated rings. The van der Waals surface area contributed by atoms with Crippen LogP contribution in [0.15, 0.2) is 12.2 Å². The van der Waals surface area contributed by atoms with Crippen LogP contribution in [0.4, 0.5) is 0 Å². The number of carbonyl (C=O) groups excluding carboxylic acids is 4. The van der Waals surface area contributed by atoms with Crippen molar-refractivity contribution in [1.29, 1.82) is 0 Å². The van der Waals surface area contributed by atoms with Gasteiger partial charge in [0.1, 0.15) is 12.1 Å². The van der Waals surface area contributed by atoms with Crippen molar-refractivity contribution < 1.29 is 42.9 Å². The fourth-order valence-corrected chi connectivity index (χ4v) is 2.98. The van der Waals surface area contributed by atoms with Gasteiger partial charge in [0, 0.05) is 18.7 Å². The normalized spacial score (nSPS) is 13.6. The van der Waals surface area contributed by atoms with E-state index in [1.165, 1.54) is 0 Å². The van der Waals surface area contributed by atoms with Crippen LogP contribution in [0.3, 0.4) is 0 Å². The first kappa shape index (κ1) is 29.7. The fourth-order valence-electron chi connectivity index (χ4n) is 2.98. The third kappa shape index (κ3) is 14.0. The molecular formula is C23H38N2O9. The predicted octanol–water partition coefficient (Wildman–Crippen LogP) is 0.606. The van der Waals surface area contributed by atoms with Gasteiger partial charge in [0.25, 0.3) is 11.8 Å². The molecule has 0 radical (unpaired) electrons. The van der Waals surface area contributed by atoms with Crippen LogP contribution in [-0.2, 0) is 42.9 Å². The molecule has 1 heterocycles. The van der Waals surface area contributed by atoms with Gasteiger partial charge in [-0.05, 0) is 20.3 Å². The fraction of sp³-hybridized carbons (Fsp3) is 0.739. The molecule has 3 amide bonds. The summed E-state index contributed by atoms with van der Waals surface area (Å²) in [5.41, 5.74) is -0.438. The van der Waals surface area contributed by atoms with Crippen molar-refractivity contribution in [2.75, 3.05) is 65.9 Å². The predicted molar refractivity (Wildman–Crippen MR) is 122 cm³/mol. The maximum Gasteiger partial charge on any atom is 0.308 e. The van der Waals surface area contributed by atoms with Crippen LogP contribution in [0.2, 0.25) is 0 Å². The first-order valence-corrected chi connectivity index (χ1v) is 11.6. The summed E-state index contributed by atoms with van der Waals surface area (Å²) in [7, 11) is 0. The molecule has 1 rings (SSSR count). The Morgan fingerprint density at radius 2 is 1.35 bits per heavy atom. The molecule has 34 heavy (non-hydrogen) atoms. The van der Waals surface area contributed by atoms with Gasteiger partial charge in [-0.2, -0.15) is 0 Å². The van der Waals surface area contributed by atoms with E-state index in [1.54, 1.807) is 0 Å². The van der Waals surface area contributed by atoms with E-state index in [-0.39, 0.29) is 32.1 Å². The van der Waals surface area contributed by atoms with Crippen LogP contribution in [-0.4, -0.2) is 100 Å². The van der Waals surface area contributed by atoms with Gasteiger partial charge >= 0.3 is 5.97 Å². The van der Waals surface area contributed by atoms with Crippen LogP contribution in [0.5, 0.6) is 0 Å². The minimum absolute atomic E-state index is 0.217. The topological polar surface area (TPSA) is 130 Å². The molecule has 1 aliphatic heterocycles. The number of nitrogens with one attached hydrogen (secondary N) is 1. The summed E-state index contributed by atoms with van der Waals surface area (Å²) >= 11 is 0. The molecule has 1 aliphatic rings. The summed E-state index contributed by atoms with van der Waals surface area (Å²) in [5.74, 6) is -1.67. The number of ether oxygens (including phenoxy) is 5. The first-order chi connectivity index (χ1) is 16.2. The number of imide groups is 1. The highest BCUT2D eigenvalue weighted by Crippen LogP contribution is 2.17. The second-order valence-electron chi connectivity index (χ2n) is 8.13. The molecule has 0 unspecified atom stereocenters. The van der Waals surface area contributed by atoms with Crippen molar-refractivity contribution in [2.24, 2.45) is 0 Å². The van der Waals surface area contributed by atoms with Gasteiger partial charge in [0.05, 0.1) is 59.3 Å². The van der Waals surface area contributed by atoms with Gasteiger partial charge in [-0.3, -0.25) is 24.1 Å². The van der Waals surface area contributed by atoms with Gasteiger partial charge < -0.3 is 29.0 Å². The summed E-state index contributed by atoms with van der Waals surface area (Å²) in [4.78, 5) is 47.1. The van der Waals surface area contributed by atoms with E-state index in [1.807, 2.05) is 13.8 Å². The standard InChI is InChI=1S/C23H38N2O9/c1-4-8-23(2,3)34-22(29)7-10-30-12-14-32-16-17-33-15-13-31-11-9-24-19(26)18-25-20(27)5-6-21(25)28/h5-6H,4,7-18H2,1-3H3,(H,24,26). The van der Waals surface area contributed by atoms with Crippen molar-refractivity contribution in [2.45, 2.75) is 45.6 Å². The highest BCUT2D eigenvalue weighted by Gasteiger charge is 2.25. The summed E-state index contributed by atoms with van der Waals surface area (Å²) in [5, 5.41) is 2.58. The average molecular weight is 487 g/mol. The van der Waals surface area contributed by atoms with Crippen molar-refractivity contribution in [3.8, 4) is 0 Å². The Morgan fingerprint density at radius 1 is 0.853 bits per heavy atom. The van der Waals surface area contributed by atoms with Crippen LogP contribution in [0, 0.1) is 0 Å². The van der Waals surface area contributed by atoms with E-state index in [0.717, 1.165) is 29.9 Å². The lowest BCUT2D eigenvalue weighted by Crippen LogP contribution is -2.41. The molecule has 0 saturated carbocycles. The number of amides is 3. The molecule has 0 atom stereocenters. The number of nitrogens with zero attached hydrogens (tertiary/aromatic N) is 1. The molecule has 11 nitrogen and oxygen atoms in total. The van der Waals surface area contributed by atoms with Crippen LogP contribution < -0.4 is 5.32 Å². The third-order valence-electron chi connectivity index (χ3n) is 4.58. The molecule has 194 valence electrons. The van der Waals surface area contributed by atoms with Crippen LogP contribution in [0.1, 0.15) is 40.0 Å². The molecule has 0 saturated heterocycles. The number of rotatable bonds is 20. The summed E-state index contributed by atoms with van der Waals surface area (Å²) < 4.78 is 26.9. The lowest BCUT2D eigenvalue weighted by molar-refractivity contribution is -0.158. The molecule has 0 bridgehead atoms. The van der Waals surface area contributed by atoms with Crippen molar-refractivity contribution in [1.82, 2.24) is 10.2 Å². The highest BCUT2D eigenvalue weighted by molar-refractivity contribution is 6.14. The lowest BCUT2D eigenvalue weighted by Gasteiger charge is -2.24. The zero-order chi connectivity index (χ0) is 25.2. The summed E-state index contributed by atoms with van der Waals surface area (Å²) in [6.07, 6.45) is 4.26. The molecule has 0 aromatic rings. The van der Waals surface area contributed by atoms with Gasteiger partial charge in [0.15, 0.2) is 0 Å². The van der Waals surface area contributed by atoms with Gasteiger partial charge in [0.2, 0.25) is 5.91 Å². The van der Waals surface area contributed by atoms with Crippen LogP contribution in [0.25, 0.3) is 0 Å². The summed E-state index contributed by atoms with van der Waals surface area (Å²) in [6.45, 7) is 8.75. The molecule has 1 N–H and O–H groups in total. The molecule has 0 aliphatic carbocycles. The zero-order valence-corrected chi connectivity index (χ0v) is 20.5. The lowest BCUT2D eigenvalue weighted by atomic mass is 10.0. The molecular weight excluding hydrogens is 448 g/mol. The Morgan fingerprint density at radius 3 is 1.88 bits per heavy atom. The van der Waals surface area contributed by atoms with E-state index < -0.39 is 23.3 Å². The smallest absolute Gasteiger partial charge is 0.308 e. The minimum Gasteiger partial charge on any atom is -0.460 e. The van der Waals surface area contributed by atoms with Gasteiger partial charge in [-0.15, -0.1) is 0 Å². The van der Waals surface area contributed by atoms with E-state index in [0.29, 0.717) is 46.2 Å². The first-order valence-electron chi connectivity index (χ1n) is 11.6. The molecule has 0 spiro atoms. The van der Waals surface area contributed by atoms with E-state index in [2.05, 4.69) is 12.2 Å². The second-order valence-corrected chi connectivity index (χ2v) is 8.13. The number of hydrogen-bond acceptors (Lipinski definition) is 9. The van der Waals surface area contributed by atoms with Gasteiger partial charge in [-0.1, -0.05) is 13.3 Å². The van der Waals surface area contributed by atoms with E-state index >= 15 is 0 Å². The Hall–Kier alpha value is -2.34. The number of esters is 1. The molecule has 0 aromatic carbocycles. The second kappa shape index (κ2) is 17.1. The Bertz CT molecular complexity index is 661. The Labute approximate surface area is 201 Å². The third-order valence-corrected chi connectivity index (χ3v) is 4.58. The highest BCUT2D eigenvalue weighted by atomic mass is 16.6. The molecule has 11 heteroatoms. The Balaban J connectivity index is 1.82. The van der Waals surface area contributed by atoms with Gasteiger partial charge in [-0.25, -0.2) is 0 Å². The summed E-state index contributed by atoms with van der Waals surface area (Å²) in [6, 6.07) is 0. The number of carbonyl (C=O) groups is 4. The Kier molecular flexibility index (Phi) is 15.0. The maximum atomic E-state index is 11.8. The van der Waals surface area contributed by atoms with E-state index in [9.17, 15) is 19.2 Å². The minimum atomic E-state index is -0.492. The maximum absolute atomic E-state index is 11.8. The van der Waals surface area contributed by atoms with Crippen molar-refractivity contribution in [3.05, 3.63) is 12.2 Å². The number of hydrogen-bond donors (Lipinski definition) is 1. The zero-order valence-electron chi connectivity index (χ0n) is 20.5. The monoisotopic (exact) mass is 486 g/mol. The SMILES string of the molecule is CCCC(C)(C)OC(=O)CCOCCOCCOCCOCCNC(=O)CN1C(=O)C=CC1=O. The van der Waals surface area contributed by atoms with E-state index in [4.69, 9.17) is 23.7 Å². The molecule has 0 aromatic heterocycles. The average Bonchev–Trinajstić information content (AvgIpc) is 3.08. The van der Waals surface area contributed by atoms with Crippen LogP contribution >= 0.6 is 0 Å².